The van der Waals surface area contributed by atoms with Crippen molar-refractivity contribution in [1.82, 2.24) is 15.0 Å². The van der Waals surface area contributed by atoms with Gasteiger partial charge < -0.3 is 4.90 Å². The summed E-state index contributed by atoms with van der Waals surface area (Å²) in [6.07, 6.45) is 3.38. The molecule has 0 saturated heterocycles. The van der Waals surface area contributed by atoms with Crippen molar-refractivity contribution in [3.05, 3.63) is 40.9 Å². The lowest BCUT2D eigenvalue weighted by Crippen LogP contribution is -2.13. The van der Waals surface area contributed by atoms with Gasteiger partial charge in [0, 0.05) is 31.2 Å². The Hall–Kier alpha value is -1.39. The molecule has 0 fully saturated rings. The van der Waals surface area contributed by atoms with Gasteiger partial charge in [0.25, 0.3) is 0 Å². The maximum Gasteiger partial charge on any atom is 0.232 e. The Balaban J connectivity index is 2.37. The van der Waals surface area contributed by atoms with Crippen molar-refractivity contribution < 1.29 is 0 Å². The lowest BCUT2D eigenvalue weighted by Gasteiger charge is -2.16. The van der Waals surface area contributed by atoms with Crippen LogP contribution in [0.2, 0.25) is 10.3 Å². The monoisotopic (exact) mass is 254 g/mol. The van der Waals surface area contributed by atoms with Crippen molar-refractivity contribution >= 4 is 34.8 Å². The number of nitrogens with zero attached hydrogens (tertiary/aromatic N) is 4. The van der Waals surface area contributed by atoms with Crippen LogP contribution in [0.3, 0.4) is 0 Å². The first-order chi connectivity index (χ1) is 7.66. The van der Waals surface area contributed by atoms with Crippen LogP contribution in [-0.4, -0.2) is 22.0 Å². The quantitative estimate of drug-likeness (QED) is 0.773. The summed E-state index contributed by atoms with van der Waals surface area (Å²) in [6.45, 7) is 0. The van der Waals surface area contributed by atoms with E-state index in [1.54, 1.807) is 17.3 Å². The van der Waals surface area contributed by atoms with Gasteiger partial charge in [-0.3, -0.25) is 4.98 Å². The van der Waals surface area contributed by atoms with Crippen molar-refractivity contribution in [3.63, 3.8) is 0 Å². The zero-order valence-corrected chi connectivity index (χ0v) is 9.94. The van der Waals surface area contributed by atoms with Gasteiger partial charge in [-0.25, -0.2) is 9.97 Å². The zero-order valence-electron chi connectivity index (χ0n) is 8.43. The lowest BCUT2D eigenvalue weighted by atomic mass is 10.4. The minimum Gasteiger partial charge on any atom is -0.313 e. The summed E-state index contributed by atoms with van der Waals surface area (Å²) in [6, 6.07) is 5.18. The van der Waals surface area contributed by atoms with Crippen LogP contribution >= 0.6 is 23.2 Å². The topological polar surface area (TPSA) is 41.9 Å². The summed E-state index contributed by atoms with van der Waals surface area (Å²) in [5, 5.41) is 0.631. The van der Waals surface area contributed by atoms with E-state index in [1.807, 2.05) is 19.2 Å². The molecule has 0 atom stereocenters. The third-order valence-electron chi connectivity index (χ3n) is 2.00. The van der Waals surface area contributed by atoms with E-state index in [9.17, 15) is 0 Å². The zero-order chi connectivity index (χ0) is 11.5. The second-order valence-electron chi connectivity index (χ2n) is 3.08. The van der Waals surface area contributed by atoms with Crippen molar-refractivity contribution in [1.29, 1.82) is 0 Å². The normalized spacial score (nSPS) is 10.2. The molecule has 16 heavy (non-hydrogen) atoms. The molecule has 0 N–H and O–H groups in total. The smallest absolute Gasteiger partial charge is 0.232 e. The Morgan fingerprint density at radius 3 is 2.19 bits per heavy atom. The average molecular weight is 255 g/mol. The predicted octanol–water partition coefficient (Wildman–Crippen LogP) is 2.95. The molecule has 0 radical (unpaired) electrons. The first-order valence-electron chi connectivity index (χ1n) is 4.50. The summed E-state index contributed by atoms with van der Waals surface area (Å²) in [5.74, 6) is 0.448. The molecule has 0 spiro atoms. The summed E-state index contributed by atoms with van der Waals surface area (Å²) in [5.41, 5.74) is 0.910. The van der Waals surface area contributed by atoms with Gasteiger partial charge in [0.1, 0.15) is 10.3 Å². The molecule has 2 heterocycles. The van der Waals surface area contributed by atoms with Crippen LogP contribution < -0.4 is 4.90 Å². The fourth-order valence-corrected chi connectivity index (χ4v) is 1.63. The molecule has 82 valence electrons. The molecule has 0 aliphatic heterocycles. The lowest BCUT2D eigenvalue weighted by molar-refractivity contribution is 1.04. The van der Waals surface area contributed by atoms with Gasteiger partial charge in [-0.1, -0.05) is 23.2 Å². The summed E-state index contributed by atoms with van der Waals surface area (Å²) in [4.78, 5) is 13.9. The average Bonchev–Trinajstić information content (AvgIpc) is 2.28. The van der Waals surface area contributed by atoms with Crippen LogP contribution in [0.25, 0.3) is 0 Å². The number of rotatable bonds is 2. The Morgan fingerprint density at radius 2 is 1.62 bits per heavy atom. The van der Waals surface area contributed by atoms with E-state index in [1.165, 1.54) is 6.07 Å². The maximum absolute atomic E-state index is 5.81. The molecule has 0 saturated carbocycles. The van der Waals surface area contributed by atoms with Crippen molar-refractivity contribution in [2.45, 2.75) is 0 Å². The van der Waals surface area contributed by atoms with Crippen LogP contribution in [0.5, 0.6) is 0 Å². The van der Waals surface area contributed by atoms with Crippen LogP contribution in [0.1, 0.15) is 0 Å². The fraction of sp³-hybridized carbons (Fsp3) is 0.100. The van der Waals surface area contributed by atoms with E-state index in [-0.39, 0.29) is 0 Å². The van der Waals surface area contributed by atoms with Crippen molar-refractivity contribution in [2.75, 3.05) is 11.9 Å². The van der Waals surface area contributed by atoms with Gasteiger partial charge in [-0.15, -0.1) is 0 Å². The fourth-order valence-electron chi connectivity index (χ4n) is 1.21. The summed E-state index contributed by atoms with van der Waals surface area (Å²) >= 11 is 11.6. The van der Waals surface area contributed by atoms with Gasteiger partial charge in [0.05, 0.1) is 0 Å². The minimum absolute atomic E-state index is 0.316. The number of halogens is 2. The summed E-state index contributed by atoms with van der Waals surface area (Å²) < 4.78 is 0. The van der Waals surface area contributed by atoms with Gasteiger partial charge >= 0.3 is 0 Å². The molecular formula is C10H8Cl2N4. The van der Waals surface area contributed by atoms with Gasteiger partial charge in [0.2, 0.25) is 5.95 Å². The molecule has 0 aliphatic rings. The van der Waals surface area contributed by atoms with E-state index in [4.69, 9.17) is 23.2 Å². The Morgan fingerprint density at radius 1 is 1.06 bits per heavy atom. The minimum atomic E-state index is 0.316. The molecule has 6 heteroatoms. The highest BCUT2D eigenvalue weighted by atomic mass is 35.5. The summed E-state index contributed by atoms with van der Waals surface area (Å²) in [7, 11) is 1.83. The second kappa shape index (κ2) is 4.63. The predicted molar refractivity (Wildman–Crippen MR) is 64.4 cm³/mol. The first kappa shape index (κ1) is 11.1. The molecule has 0 aromatic carbocycles. The SMILES string of the molecule is CN(c1ccncc1)c1nc(Cl)cc(Cl)n1. The van der Waals surface area contributed by atoms with E-state index < -0.39 is 0 Å². The number of anilines is 2. The number of aromatic nitrogens is 3. The molecule has 2 rings (SSSR count). The van der Waals surface area contributed by atoms with Crippen molar-refractivity contribution in [3.8, 4) is 0 Å². The Kier molecular flexibility index (Phi) is 3.22. The highest BCUT2D eigenvalue weighted by Gasteiger charge is 2.08. The van der Waals surface area contributed by atoms with Gasteiger partial charge in [-0.05, 0) is 12.1 Å². The van der Waals surface area contributed by atoms with Crippen LogP contribution in [-0.2, 0) is 0 Å². The van der Waals surface area contributed by atoms with Crippen LogP contribution in [0.4, 0.5) is 11.6 Å². The van der Waals surface area contributed by atoms with E-state index in [0.29, 0.717) is 16.3 Å². The molecule has 0 amide bonds. The van der Waals surface area contributed by atoms with Crippen molar-refractivity contribution in [2.24, 2.45) is 0 Å². The molecule has 0 unspecified atom stereocenters. The molecule has 2 aromatic rings. The van der Waals surface area contributed by atoms with Crippen LogP contribution in [0.15, 0.2) is 30.6 Å². The molecule has 0 bridgehead atoms. The standard InChI is InChI=1S/C10H8Cl2N4/c1-16(7-2-4-13-5-3-7)10-14-8(11)6-9(12)15-10/h2-6H,1H3. The second-order valence-corrected chi connectivity index (χ2v) is 3.85. The van der Waals surface area contributed by atoms with Crippen LogP contribution in [0, 0.1) is 0 Å². The third-order valence-corrected chi connectivity index (χ3v) is 2.39. The maximum atomic E-state index is 5.81. The van der Waals surface area contributed by atoms with Gasteiger partial charge in [0.15, 0.2) is 0 Å². The molecule has 0 aliphatic carbocycles. The molecular weight excluding hydrogens is 247 g/mol. The highest BCUT2D eigenvalue weighted by Crippen LogP contribution is 2.22. The van der Waals surface area contributed by atoms with E-state index in [2.05, 4.69) is 15.0 Å². The largest absolute Gasteiger partial charge is 0.313 e. The highest BCUT2D eigenvalue weighted by molar-refractivity contribution is 6.33. The Labute approximate surface area is 103 Å². The van der Waals surface area contributed by atoms with E-state index >= 15 is 0 Å². The van der Waals surface area contributed by atoms with Gasteiger partial charge in [-0.2, -0.15) is 0 Å². The number of pyridine rings is 1. The third kappa shape index (κ3) is 2.40. The van der Waals surface area contributed by atoms with E-state index in [0.717, 1.165) is 5.69 Å². The molecule has 2 aromatic heterocycles. The molecule has 4 nitrogen and oxygen atoms in total. The number of hydrogen-bond donors (Lipinski definition) is 0. The first-order valence-corrected chi connectivity index (χ1v) is 5.26. The number of hydrogen-bond acceptors (Lipinski definition) is 4. The Bertz CT molecular complexity index is 469.